The first-order valence-corrected chi connectivity index (χ1v) is 5.42. The molecule has 0 N–H and O–H groups in total. The molecule has 0 saturated carbocycles. The molecular weight excluding hydrogens is 216 g/mol. The smallest absolute Gasteiger partial charge is 0.270 e. The van der Waals surface area contributed by atoms with E-state index in [1.165, 1.54) is 11.1 Å². The molecule has 0 aliphatic carbocycles. The second-order valence-electron chi connectivity index (χ2n) is 3.70. The number of carbonyl (C=O) groups excluding carboxylic acids is 1. The fourth-order valence-corrected chi connectivity index (χ4v) is 1.58. The van der Waals surface area contributed by atoms with Gasteiger partial charge < -0.3 is 0 Å². The van der Waals surface area contributed by atoms with E-state index in [1.807, 2.05) is 6.07 Å². The third kappa shape index (κ3) is 2.92. The molecule has 0 atom stereocenters. The van der Waals surface area contributed by atoms with Crippen LogP contribution in [0.5, 0.6) is 0 Å². The molecule has 0 aromatic heterocycles. The maximum absolute atomic E-state index is 11.6. The van der Waals surface area contributed by atoms with Crippen LogP contribution in [-0.4, -0.2) is 24.1 Å². The van der Waals surface area contributed by atoms with E-state index in [4.69, 9.17) is 10.1 Å². The van der Waals surface area contributed by atoms with Gasteiger partial charge in [-0.1, -0.05) is 12.1 Å². The van der Waals surface area contributed by atoms with E-state index < -0.39 is 0 Å². The maximum atomic E-state index is 11.6. The lowest BCUT2D eigenvalue weighted by atomic mass is 10.1. The molecule has 1 saturated heterocycles. The van der Waals surface area contributed by atoms with Gasteiger partial charge in [-0.3, -0.25) is 9.63 Å². The highest BCUT2D eigenvalue weighted by atomic mass is 16.7. The van der Waals surface area contributed by atoms with Gasteiger partial charge in [-0.25, -0.2) is 5.06 Å². The molecule has 0 unspecified atom stereocenters. The predicted octanol–water partition coefficient (Wildman–Crippen LogP) is 1.74. The lowest BCUT2D eigenvalue weighted by Crippen LogP contribution is -2.24. The van der Waals surface area contributed by atoms with Crippen molar-refractivity contribution in [3.8, 4) is 6.07 Å². The Balaban J connectivity index is 2.04. The van der Waals surface area contributed by atoms with Gasteiger partial charge in [-0.05, 0) is 30.2 Å². The minimum absolute atomic E-state index is 0.162. The zero-order chi connectivity index (χ0) is 12.1. The summed E-state index contributed by atoms with van der Waals surface area (Å²) < 4.78 is 0. The second kappa shape index (κ2) is 5.28. The summed E-state index contributed by atoms with van der Waals surface area (Å²) in [4.78, 5) is 16.8. The lowest BCUT2D eigenvalue weighted by molar-refractivity contribution is -0.162. The molecule has 17 heavy (non-hydrogen) atoms. The van der Waals surface area contributed by atoms with Crippen molar-refractivity contribution >= 4 is 12.0 Å². The van der Waals surface area contributed by atoms with E-state index in [9.17, 15) is 4.79 Å². The van der Waals surface area contributed by atoms with Crippen molar-refractivity contribution in [3.05, 3.63) is 41.5 Å². The van der Waals surface area contributed by atoms with Crippen LogP contribution >= 0.6 is 0 Å². The van der Waals surface area contributed by atoms with Crippen LogP contribution in [0.3, 0.4) is 0 Å². The Hall–Kier alpha value is -2.12. The standard InChI is InChI=1S/C13H12N2O2/c14-10-12-4-1-3-11(9-12)5-6-13(16)15-7-2-8-17-15/h1,3-6,9H,2,7-8H2/b6-5+. The van der Waals surface area contributed by atoms with Crippen molar-refractivity contribution in [1.29, 1.82) is 5.26 Å². The van der Waals surface area contributed by atoms with Gasteiger partial charge in [-0.15, -0.1) is 0 Å². The molecule has 4 heteroatoms. The summed E-state index contributed by atoms with van der Waals surface area (Å²) in [6.45, 7) is 1.24. The highest BCUT2D eigenvalue weighted by Crippen LogP contribution is 2.08. The van der Waals surface area contributed by atoms with Gasteiger partial charge in [0.15, 0.2) is 0 Å². The molecule has 1 aromatic rings. The highest BCUT2D eigenvalue weighted by Gasteiger charge is 2.16. The SMILES string of the molecule is N#Cc1cccc(/C=C/C(=O)N2CCCO2)c1. The van der Waals surface area contributed by atoms with Crippen LogP contribution in [0.25, 0.3) is 6.08 Å². The predicted molar refractivity (Wildman–Crippen MR) is 62.5 cm³/mol. The number of hydroxylamine groups is 2. The number of rotatable bonds is 2. The molecule has 1 heterocycles. The zero-order valence-electron chi connectivity index (χ0n) is 9.30. The quantitative estimate of drug-likeness (QED) is 0.724. The average molecular weight is 228 g/mol. The Morgan fingerprint density at radius 3 is 3.12 bits per heavy atom. The minimum Gasteiger partial charge on any atom is -0.271 e. The molecule has 1 aliphatic rings. The lowest BCUT2D eigenvalue weighted by Gasteiger charge is -2.10. The van der Waals surface area contributed by atoms with E-state index in [1.54, 1.807) is 24.3 Å². The first-order chi connectivity index (χ1) is 8.29. The fraction of sp³-hybridized carbons (Fsp3) is 0.231. The Labute approximate surface area is 99.7 Å². The van der Waals surface area contributed by atoms with Crippen molar-refractivity contribution < 1.29 is 9.63 Å². The van der Waals surface area contributed by atoms with Crippen LogP contribution in [0.4, 0.5) is 0 Å². The summed E-state index contributed by atoms with van der Waals surface area (Å²) in [6, 6.07) is 9.14. The first kappa shape index (κ1) is 11.4. The van der Waals surface area contributed by atoms with Gasteiger partial charge >= 0.3 is 0 Å². The Bertz CT molecular complexity index is 482. The van der Waals surface area contributed by atoms with Crippen LogP contribution in [0.1, 0.15) is 17.5 Å². The van der Waals surface area contributed by atoms with Crippen molar-refractivity contribution in [1.82, 2.24) is 5.06 Å². The number of nitrogens with zero attached hydrogens (tertiary/aromatic N) is 2. The van der Waals surface area contributed by atoms with E-state index in [2.05, 4.69) is 6.07 Å². The highest BCUT2D eigenvalue weighted by molar-refractivity contribution is 5.91. The second-order valence-corrected chi connectivity index (χ2v) is 3.70. The number of nitriles is 1. The molecule has 0 radical (unpaired) electrons. The van der Waals surface area contributed by atoms with E-state index in [-0.39, 0.29) is 5.91 Å². The topological polar surface area (TPSA) is 53.3 Å². The summed E-state index contributed by atoms with van der Waals surface area (Å²) in [5.74, 6) is -0.162. The van der Waals surface area contributed by atoms with Crippen LogP contribution in [-0.2, 0) is 9.63 Å². The Morgan fingerprint density at radius 2 is 2.41 bits per heavy atom. The minimum atomic E-state index is -0.162. The fourth-order valence-electron chi connectivity index (χ4n) is 1.58. The van der Waals surface area contributed by atoms with E-state index in [0.717, 1.165) is 12.0 Å². The summed E-state index contributed by atoms with van der Waals surface area (Å²) in [6.07, 6.45) is 4.02. The molecule has 4 nitrogen and oxygen atoms in total. The van der Waals surface area contributed by atoms with E-state index >= 15 is 0 Å². The molecule has 1 fully saturated rings. The third-order valence-corrected chi connectivity index (χ3v) is 2.43. The molecular formula is C13H12N2O2. The van der Waals surface area contributed by atoms with Gasteiger partial charge in [0.1, 0.15) is 0 Å². The zero-order valence-corrected chi connectivity index (χ0v) is 9.30. The maximum Gasteiger partial charge on any atom is 0.270 e. The van der Waals surface area contributed by atoms with Crippen molar-refractivity contribution in [3.63, 3.8) is 0 Å². The van der Waals surface area contributed by atoms with Crippen LogP contribution in [0.2, 0.25) is 0 Å². The van der Waals surface area contributed by atoms with Crippen molar-refractivity contribution in [2.75, 3.05) is 13.2 Å². The summed E-state index contributed by atoms with van der Waals surface area (Å²) >= 11 is 0. The number of amides is 1. The third-order valence-electron chi connectivity index (χ3n) is 2.43. The van der Waals surface area contributed by atoms with Gasteiger partial charge in [0, 0.05) is 6.08 Å². The molecule has 0 bridgehead atoms. The first-order valence-electron chi connectivity index (χ1n) is 5.42. The Morgan fingerprint density at radius 1 is 1.53 bits per heavy atom. The van der Waals surface area contributed by atoms with Crippen LogP contribution in [0.15, 0.2) is 30.3 Å². The molecule has 1 amide bonds. The van der Waals surface area contributed by atoms with Gasteiger partial charge in [0.05, 0.1) is 24.8 Å². The molecule has 86 valence electrons. The van der Waals surface area contributed by atoms with Gasteiger partial charge in [-0.2, -0.15) is 5.26 Å². The molecule has 2 rings (SSSR count). The average Bonchev–Trinajstić information content (AvgIpc) is 2.90. The molecule has 0 spiro atoms. The van der Waals surface area contributed by atoms with Crippen LogP contribution < -0.4 is 0 Å². The molecule has 1 aromatic carbocycles. The summed E-state index contributed by atoms with van der Waals surface area (Å²) in [5, 5.41) is 10.1. The Kier molecular flexibility index (Phi) is 3.53. The van der Waals surface area contributed by atoms with Gasteiger partial charge in [0.2, 0.25) is 0 Å². The largest absolute Gasteiger partial charge is 0.271 e. The van der Waals surface area contributed by atoms with Crippen molar-refractivity contribution in [2.24, 2.45) is 0 Å². The normalized spacial score (nSPS) is 15.1. The summed E-state index contributed by atoms with van der Waals surface area (Å²) in [5.41, 5.74) is 1.41. The number of carbonyl (C=O) groups is 1. The number of benzene rings is 1. The summed E-state index contributed by atoms with van der Waals surface area (Å²) in [7, 11) is 0. The van der Waals surface area contributed by atoms with Crippen LogP contribution in [0, 0.1) is 11.3 Å². The molecule has 1 aliphatic heterocycles. The number of hydrogen-bond acceptors (Lipinski definition) is 3. The van der Waals surface area contributed by atoms with Gasteiger partial charge in [0.25, 0.3) is 5.91 Å². The monoisotopic (exact) mass is 228 g/mol. The number of hydrogen-bond donors (Lipinski definition) is 0. The van der Waals surface area contributed by atoms with E-state index in [0.29, 0.717) is 18.7 Å². The van der Waals surface area contributed by atoms with Crippen molar-refractivity contribution in [2.45, 2.75) is 6.42 Å².